The van der Waals surface area contributed by atoms with E-state index in [1.807, 2.05) is 0 Å². The quantitative estimate of drug-likeness (QED) is 0.590. The van der Waals surface area contributed by atoms with Crippen LogP contribution < -0.4 is 4.90 Å². The fraction of sp³-hybridized carbons (Fsp3) is 0. The second kappa shape index (κ2) is 4.67. The molecule has 98 valence electrons. The summed E-state index contributed by atoms with van der Waals surface area (Å²) in [6.45, 7) is 0. The van der Waals surface area contributed by atoms with Crippen molar-refractivity contribution in [3.63, 3.8) is 0 Å². The van der Waals surface area contributed by atoms with Crippen LogP contribution in [0.5, 0.6) is 0 Å². The molecule has 2 aromatic rings. The standard InChI is InChI=1S/C18H9NO2/c1-3-12-7-5-9-14(11-12)19-17(20)15-10-6-8-13(4-2)16(15)18(19)21/h1-2,5-11H. The summed E-state index contributed by atoms with van der Waals surface area (Å²) in [4.78, 5) is 26.1. The average molecular weight is 271 g/mol. The maximum absolute atomic E-state index is 12.5. The monoisotopic (exact) mass is 271 g/mol. The Labute approximate surface area is 122 Å². The van der Waals surface area contributed by atoms with Crippen LogP contribution in [-0.2, 0) is 0 Å². The van der Waals surface area contributed by atoms with Gasteiger partial charge in [-0.2, -0.15) is 0 Å². The molecule has 2 aromatic carbocycles. The summed E-state index contributed by atoms with van der Waals surface area (Å²) in [7, 11) is 0. The lowest BCUT2D eigenvalue weighted by Gasteiger charge is -2.14. The van der Waals surface area contributed by atoms with Crippen molar-refractivity contribution >= 4 is 17.5 Å². The first-order valence-electron chi connectivity index (χ1n) is 6.22. The number of imide groups is 1. The van der Waals surface area contributed by atoms with Gasteiger partial charge < -0.3 is 0 Å². The van der Waals surface area contributed by atoms with Crippen LogP contribution >= 0.6 is 0 Å². The van der Waals surface area contributed by atoms with E-state index in [1.54, 1.807) is 42.5 Å². The third-order valence-corrected chi connectivity index (χ3v) is 3.34. The minimum absolute atomic E-state index is 0.274. The number of terminal acetylenes is 2. The van der Waals surface area contributed by atoms with Gasteiger partial charge in [0.1, 0.15) is 0 Å². The molecule has 1 heterocycles. The van der Waals surface area contributed by atoms with E-state index < -0.39 is 5.91 Å². The Bertz CT molecular complexity index is 866. The Morgan fingerprint density at radius 3 is 2.38 bits per heavy atom. The summed E-state index contributed by atoms with van der Waals surface area (Å²) >= 11 is 0. The molecule has 3 nitrogen and oxygen atoms in total. The topological polar surface area (TPSA) is 37.4 Å². The lowest BCUT2D eigenvalue weighted by atomic mass is 10.0. The van der Waals surface area contributed by atoms with Crippen molar-refractivity contribution in [1.29, 1.82) is 0 Å². The van der Waals surface area contributed by atoms with E-state index in [9.17, 15) is 9.59 Å². The summed E-state index contributed by atoms with van der Waals surface area (Å²) in [5.74, 6) is 4.12. The molecule has 0 aromatic heterocycles. The van der Waals surface area contributed by atoms with Crippen molar-refractivity contribution in [2.24, 2.45) is 0 Å². The molecule has 0 saturated carbocycles. The third kappa shape index (κ3) is 1.81. The van der Waals surface area contributed by atoms with Gasteiger partial charge in [0.25, 0.3) is 11.8 Å². The van der Waals surface area contributed by atoms with E-state index in [-0.39, 0.29) is 11.5 Å². The number of anilines is 1. The van der Waals surface area contributed by atoms with Crippen LogP contribution in [0.3, 0.4) is 0 Å². The zero-order chi connectivity index (χ0) is 15.0. The van der Waals surface area contributed by atoms with Crippen molar-refractivity contribution < 1.29 is 9.59 Å². The molecule has 1 aliphatic heterocycles. The molecule has 0 N–H and O–H groups in total. The zero-order valence-electron chi connectivity index (χ0n) is 11.0. The molecule has 0 spiro atoms. The van der Waals surface area contributed by atoms with Crippen molar-refractivity contribution in [2.45, 2.75) is 0 Å². The number of hydrogen-bond donors (Lipinski definition) is 0. The smallest absolute Gasteiger partial charge is 0.267 e. The first-order valence-corrected chi connectivity index (χ1v) is 6.22. The number of amides is 2. The highest BCUT2D eigenvalue weighted by Gasteiger charge is 2.38. The number of carbonyl (C=O) groups is 2. The molecular weight excluding hydrogens is 262 g/mol. The van der Waals surface area contributed by atoms with Gasteiger partial charge in [-0.25, -0.2) is 4.90 Å². The predicted octanol–water partition coefficient (Wildman–Crippen LogP) is 2.45. The molecule has 3 rings (SSSR count). The molecule has 21 heavy (non-hydrogen) atoms. The number of carbonyl (C=O) groups excluding carboxylic acids is 2. The van der Waals surface area contributed by atoms with Crippen LogP contribution in [0.2, 0.25) is 0 Å². The number of nitrogens with zero attached hydrogens (tertiary/aromatic N) is 1. The summed E-state index contributed by atoms with van der Waals surface area (Å²) in [6, 6.07) is 11.6. The Hall–Kier alpha value is -3.30. The lowest BCUT2D eigenvalue weighted by molar-refractivity contribution is 0.0926. The maximum atomic E-state index is 12.5. The van der Waals surface area contributed by atoms with E-state index in [0.717, 1.165) is 4.90 Å². The molecular formula is C18H9NO2. The van der Waals surface area contributed by atoms with Crippen molar-refractivity contribution in [3.8, 4) is 24.7 Å². The first kappa shape index (κ1) is 12.7. The molecule has 0 atom stereocenters. The van der Waals surface area contributed by atoms with Crippen LogP contribution in [0.1, 0.15) is 31.8 Å². The van der Waals surface area contributed by atoms with Gasteiger partial charge in [-0.05, 0) is 30.3 Å². The normalized spacial score (nSPS) is 12.8. The van der Waals surface area contributed by atoms with Crippen LogP contribution in [0.25, 0.3) is 0 Å². The van der Waals surface area contributed by atoms with E-state index in [4.69, 9.17) is 12.8 Å². The number of hydrogen-bond acceptors (Lipinski definition) is 2. The van der Waals surface area contributed by atoms with Gasteiger partial charge >= 0.3 is 0 Å². The minimum Gasteiger partial charge on any atom is -0.268 e. The lowest BCUT2D eigenvalue weighted by Crippen LogP contribution is -2.29. The molecule has 3 heteroatoms. The van der Waals surface area contributed by atoms with E-state index in [0.29, 0.717) is 22.4 Å². The zero-order valence-corrected chi connectivity index (χ0v) is 11.0. The second-order valence-corrected chi connectivity index (χ2v) is 4.51. The van der Waals surface area contributed by atoms with E-state index in [1.165, 1.54) is 0 Å². The highest BCUT2D eigenvalue weighted by atomic mass is 16.2. The van der Waals surface area contributed by atoms with Crippen LogP contribution in [0, 0.1) is 24.7 Å². The SMILES string of the molecule is C#Cc1cccc(N2C(=O)c3cccc(C#C)c3C2=O)c1. The number of benzene rings is 2. The number of rotatable bonds is 1. The molecule has 0 aliphatic carbocycles. The Kier molecular flexibility index (Phi) is 2.83. The van der Waals surface area contributed by atoms with Gasteiger partial charge in [-0.3, -0.25) is 9.59 Å². The molecule has 2 amide bonds. The molecule has 1 aliphatic rings. The maximum Gasteiger partial charge on any atom is 0.267 e. The van der Waals surface area contributed by atoms with Gasteiger partial charge in [-0.1, -0.05) is 24.0 Å². The van der Waals surface area contributed by atoms with Gasteiger partial charge in [0.2, 0.25) is 0 Å². The third-order valence-electron chi connectivity index (χ3n) is 3.34. The number of fused-ring (bicyclic) bond motifs is 1. The molecule has 0 saturated heterocycles. The summed E-state index contributed by atoms with van der Waals surface area (Å²) in [6.07, 6.45) is 10.8. The van der Waals surface area contributed by atoms with E-state index >= 15 is 0 Å². The molecule has 0 radical (unpaired) electrons. The molecule has 0 fully saturated rings. The van der Waals surface area contributed by atoms with Gasteiger partial charge in [0.15, 0.2) is 0 Å². The Morgan fingerprint density at radius 2 is 1.67 bits per heavy atom. The van der Waals surface area contributed by atoms with Gasteiger partial charge in [-0.15, -0.1) is 12.8 Å². The fourth-order valence-corrected chi connectivity index (χ4v) is 2.37. The van der Waals surface area contributed by atoms with Crippen molar-refractivity contribution in [1.82, 2.24) is 0 Å². The van der Waals surface area contributed by atoms with Gasteiger partial charge in [0.05, 0.1) is 16.8 Å². The van der Waals surface area contributed by atoms with Crippen LogP contribution in [-0.4, -0.2) is 11.8 Å². The van der Waals surface area contributed by atoms with Crippen molar-refractivity contribution in [2.75, 3.05) is 4.90 Å². The predicted molar refractivity (Wildman–Crippen MR) is 79.9 cm³/mol. The largest absolute Gasteiger partial charge is 0.268 e. The molecule has 0 unspecified atom stereocenters. The van der Waals surface area contributed by atoms with Gasteiger partial charge in [0, 0.05) is 11.1 Å². The molecule has 0 bridgehead atoms. The summed E-state index contributed by atoms with van der Waals surface area (Å²) < 4.78 is 0. The average Bonchev–Trinajstić information content (AvgIpc) is 2.79. The van der Waals surface area contributed by atoms with E-state index in [2.05, 4.69) is 11.8 Å². The first-order chi connectivity index (χ1) is 10.2. The van der Waals surface area contributed by atoms with Crippen LogP contribution in [0.4, 0.5) is 5.69 Å². The highest BCUT2D eigenvalue weighted by Crippen LogP contribution is 2.30. The summed E-state index contributed by atoms with van der Waals surface area (Å²) in [5, 5.41) is 0. The summed E-state index contributed by atoms with van der Waals surface area (Å²) in [5.41, 5.74) is 2.06. The fourth-order valence-electron chi connectivity index (χ4n) is 2.37. The Balaban J connectivity index is 2.17. The second-order valence-electron chi connectivity index (χ2n) is 4.51. The highest BCUT2D eigenvalue weighted by molar-refractivity contribution is 6.35. The van der Waals surface area contributed by atoms with Crippen molar-refractivity contribution in [3.05, 3.63) is 64.7 Å². The minimum atomic E-state index is -0.419. The van der Waals surface area contributed by atoms with Crippen LogP contribution in [0.15, 0.2) is 42.5 Å². The Morgan fingerprint density at radius 1 is 0.905 bits per heavy atom.